The Kier molecular flexibility index (Phi) is 4.68. The fourth-order valence-corrected chi connectivity index (χ4v) is 4.91. The van der Waals surface area contributed by atoms with E-state index >= 15 is 0 Å². The van der Waals surface area contributed by atoms with Gasteiger partial charge in [-0.3, -0.25) is 9.20 Å². The Hall–Kier alpha value is -4.00. The van der Waals surface area contributed by atoms with Crippen molar-refractivity contribution in [2.24, 2.45) is 0 Å². The van der Waals surface area contributed by atoms with Gasteiger partial charge in [0.25, 0.3) is 5.91 Å². The number of fused-ring (bicyclic) bond motifs is 2. The van der Waals surface area contributed by atoms with Crippen molar-refractivity contribution in [2.75, 3.05) is 6.54 Å². The smallest absolute Gasteiger partial charge is 0.339 e. The molecule has 7 heteroatoms. The molecule has 7 nitrogen and oxygen atoms in total. The van der Waals surface area contributed by atoms with E-state index in [0.717, 1.165) is 35.4 Å². The molecular formula is C26H22N4O3. The lowest BCUT2D eigenvalue weighted by Crippen LogP contribution is -2.32. The molecule has 1 fully saturated rings. The van der Waals surface area contributed by atoms with Crippen molar-refractivity contribution >= 4 is 17.5 Å². The highest BCUT2D eigenvalue weighted by molar-refractivity contribution is 5.98. The molecule has 2 atom stereocenters. The maximum absolute atomic E-state index is 13.6. The summed E-state index contributed by atoms with van der Waals surface area (Å²) >= 11 is 0. The maximum Gasteiger partial charge on any atom is 0.339 e. The summed E-state index contributed by atoms with van der Waals surface area (Å²) in [5.74, 6) is 0.378. The quantitative estimate of drug-likeness (QED) is 0.449. The molecule has 4 aromatic rings. The monoisotopic (exact) mass is 438 g/mol. The largest absolute Gasteiger partial charge is 0.454 e. The van der Waals surface area contributed by atoms with E-state index in [1.165, 1.54) is 0 Å². The molecule has 0 aliphatic carbocycles. The Morgan fingerprint density at radius 2 is 1.85 bits per heavy atom. The van der Waals surface area contributed by atoms with Gasteiger partial charge in [0.15, 0.2) is 11.5 Å². The summed E-state index contributed by atoms with van der Waals surface area (Å²) in [5, 5.41) is 8.64. The molecule has 4 heterocycles. The summed E-state index contributed by atoms with van der Waals surface area (Å²) in [6.45, 7) is 0.664. The van der Waals surface area contributed by atoms with E-state index in [0.29, 0.717) is 24.1 Å². The summed E-state index contributed by atoms with van der Waals surface area (Å²) in [6, 6.07) is 20.6. The maximum atomic E-state index is 13.6. The summed E-state index contributed by atoms with van der Waals surface area (Å²) in [6.07, 6.45) is 3.88. The highest BCUT2D eigenvalue weighted by Gasteiger charge is 2.35. The molecule has 2 aromatic carbocycles. The molecule has 33 heavy (non-hydrogen) atoms. The summed E-state index contributed by atoms with van der Waals surface area (Å²) in [7, 11) is 0. The van der Waals surface area contributed by atoms with Crippen molar-refractivity contribution in [1.82, 2.24) is 19.5 Å². The second-order valence-electron chi connectivity index (χ2n) is 8.52. The standard InChI is InChI=1S/C26H22N4O3/c31-25(29-14-6-9-21(29)24-28-27-23-10-4-5-13-30(23)24)18-11-12-20-19(15-18)16-22(33-26(20)32)17-7-2-1-3-8-17/h1-5,7-8,10-13,15,21-22H,6,9,14,16H2/t21-,22-/m0/s1. The molecular weight excluding hydrogens is 416 g/mol. The lowest BCUT2D eigenvalue weighted by Gasteiger charge is -2.27. The van der Waals surface area contributed by atoms with Crippen LogP contribution in [0.2, 0.25) is 0 Å². The fourth-order valence-electron chi connectivity index (χ4n) is 4.91. The summed E-state index contributed by atoms with van der Waals surface area (Å²) in [4.78, 5) is 28.0. The zero-order valence-corrected chi connectivity index (χ0v) is 17.9. The first-order valence-electron chi connectivity index (χ1n) is 11.2. The van der Waals surface area contributed by atoms with Crippen molar-refractivity contribution in [3.63, 3.8) is 0 Å². The zero-order valence-electron chi connectivity index (χ0n) is 17.9. The van der Waals surface area contributed by atoms with E-state index in [9.17, 15) is 9.59 Å². The van der Waals surface area contributed by atoms with Crippen LogP contribution in [0.25, 0.3) is 5.65 Å². The molecule has 0 spiro atoms. The number of pyridine rings is 1. The molecule has 2 aliphatic heterocycles. The normalized spacial score (nSPS) is 20.0. The Balaban J connectivity index is 1.30. The van der Waals surface area contributed by atoms with Crippen LogP contribution >= 0.6 is 0 Å². The summed E-state index contributed by atoms with van der Waals surface area (Å²) in [5.41, 5.74) is 3.67. The van der Waals surface area contributed by atoms with E-state index in [4.69, 9.17) is 4.74 Å². The molecule has 0 N–H and O–H groups in total. The number of aromatic nitrogens is 3. The highest BCUT2D eigenvalue weighted by Crippen LogP contribution is 2.34. The number of likely N-dealkylation sites (tertiary alicyclic amines) is 1. The van der Waals surface area contributed by atoms with Crippen LogP contribution in [0, 0.1) is 0 Å². The molecule has 1 saturated heterocycles. The van der Waals surface area contributed by atoms with Gasteiger partial charge in [0.1, 0.15) is 6.10 Å². The predicted molar refractivity (Wildman–Crippen MR) is 121 cm³/mol. The van der Waals surface area contributed by atoms with E-state index in [1.807, 2.05) is 70.1 Å². The zero-order chi connectivity index (χ0) is 22.4. The van der Waals surface area contributed by atoms with Crippen molar-refractivity contribution in [3.05, 3.63) is 101 Å². The number of carbonyl (C=O) groups excluding carboxylic acids is 2. The van der Waals surface area contributed by atoms with Gasteiger partial charge in [-0.05, 0) is 54.3 Å². The lowest BCUT2D eigenvalue weighted by atomic mass is 9.93. The molecule has 0 saturated carbocycles. The molecule has 164 valence electrons. The van der Waals surface area contributed by atoms with Crippen LogP contribution in [0.15, 0.2) is 72.9 Å². The third-order valence-electron chi connectivity index (χ3n) is 6.55. The van der Waals surface area contributed by atoms with Gasteiger partial charge < -0.3 is 9.64 Å². The number of hydrogen-bond donors (Lipinski definition) is 0. The predicted octanol–water partition coefficient (Wildman–Crippen LogP) is 4.16. The number of rotatable bonds is 3. The summed E-state index contributed by atoms with van der Waals surface area (Å²) < 4.78 is 7.60. The Bertz CT molecular complexity index is 1360. The minimum absolute atomic E-state index is 0.0526. The van der Waals surface area contributed by atoms with Crippen LogP contribution in [0.4, 0.5) is 0 Å². The van der Waals surface area contributed by atoms with Crippen molar-refractivity contribution in [3.8, 4) is 0 Å². The van der Waals surface area contributed by atoms with Crippen LogP contribution < -0.4 is 0 Å². The number of benzene rings is 2. The third-order valence-corrected chi connectivity index (χ3v) is 6.55. The average Bonchev–Trinajstić information content (AvgIpc) is 3.50. The van der Waals surface area contributed by atoms with Gasteiger partial charge in [-0.25, -0.2) is 4.79 Å². The number of cyclic esters (lactones) is 1. The minimum atomic E-state index is -0.349. The van der Waals surface area contributed by atoms with Crippen molar-refractivity contribution < 1.29 is 14.3 Å². The van der Waals surface area contributed by atoms with Crippen molar-refractivity contribution in [1.29, 1.82) is 0 Å². The second-order valence-corrected chi connectivity index (χ2v) is 8.52. The second kappa shape index (κ2) is 7.85. The number of esters is 1. The number of ether oxygens (including phenoxy) is 1. The van der Waals surface area contributed by atoms with Gasteiger partial charge >= 0.3 is 5.97 Å². The van der Waals surface area contributed by atoms with Crippen LogP contribution in [-0.4, -0.2) is 37.9 Å². The Morgan fingerprint density at radius 3 is 2.73 bits per heavy atom. The molecule has 0 unspecified atom stereocenters. The molecule has 2 aromatic heterocycles. The fraction of sp³-hybridized carbons (Fsp3) is 0.231. The molecule has 0 bridgehead atoms. The van der Waals surface area contributed by atoms with Gasteiger partial charge in [-0.15, -0.1) is 10.2 Å². The van der Waals surface area contributed by atoms with Gasteiger partial charge in [-0.1, -0.05) is 36.4 Å². The number of hydrogen-bond acceptors (Lipinski definition) is 5. The highest BCUT2D eigenvalue weighted by atomic mass is 16.5. The lowest BCUT2D eigenvalue weighted by molar-refractivity contribution is 0.0252. The Morgan fingerprint density at radius 1 is 1.00 bits per heavy atom. The first-order chi connectivity index (χ1) is 16.2. The molecule has 2 aliphatic rings. The van der Waals surface area contributed by atoms with Gasteiger partial charge in [0, 0.05) is 24.7 Å². The number of nitrogens with zero attached hydrogens (tertiary/aromatic N) is 4. The van der Waals surface area contributed by atoms with Crippen LogP contribution in [0.1, 0.15) is 62.7 Å². The third kappa shape index (κ3) is 3.36. The number of amides is 1. The van der Waals surface area contributed by atoms with Gasteiger partial charge in [0.2, 0.25) is 0 Å². The molecule has 0 radical (unpaired) electrons. The van der Waals surface area contributed by atoms with E-state index < -0.39 is 0 Å². The van der Waals surface area contributed by atoms with Crippen LogP contribution in [-0.2, 0) is 11.2 Å². The van der Waals surface area contributed by atoms with E-state index in [1.54, 1.807) is 12.1 Å². The Labute approximate surface area is 190 Å². The van der Waals surface area contributed by atoms with Crippen LogP contribution in [0.5, 0.6) is 0 Å². The van der Waals surface area contributed by atoms with E-state index in [2.05, 4.69) is 10.2 Å². The van der Waals surface area contributed by atoms with Gasteiger partial charge in [-0.2, -0.15) is 0 Å². The number of carbonyl (C=O) groups is 2. The molecule has 6 rings (SSSR count). The van der Waals surface area contributed by atoms with E-state index in [-0.39, 0.29) is 24.0 Å². The first kappa shape index (κ1) is 19.7. The average molecular weight is 438 g/mol. The minimum Gasteiger partial charge on any atom is -0.454 e. The van der Waals surface area contributed by atoms with Crippen molar-refractivity contribution in [2.45, 2.75) is 31.4 Å². The topological polar surface area (TPSA) is 76.8 Å². The van der Waals surface area contributed by atoms with Gasteiger partial charge in [0.05, 0.1) is 11.6 Å². The molecule has 1 amide bonds. The first-order valence-corrected chi connectivity index (χ1v) is 11.2. The van der Waals surface area contributed by atoms with Crippen LogP contribution in [0.3, 0.4) is 0 Å². The SMILES string of the molecule is O=C1O[C@H](c2ccccc2)Cc2cc(C(=O)N3CCC[C@H]3c3nnc4ccccn34)ccc21.